The Kier molecular flexibility index (Phi) is 4.66. The quantitative estimate of drug-likeness (QED) is 0.790. The van der Waals surface area contributed by atoms with E-state index in [0.29, 0.717) is 25.6 Å². The molecule has 1 amide bonds. The fraction of sp³-hybridized carbons (Fsp3) is 0.600. The molecule has 0 aliphatic carbocycles. The molecule has 1 heterocycles. The van der Waals surface area contributed by atoms with Crippen LogP contribution in [0.1, 0.15) is 13.8 Å². The smallest absolute Gasteiger partial charge is 0.407 e. The lowest BCUT2D eigenvalue weighted by atomic mass is 10.2. The summed E-state index contributed by atoms with van der Waals surface area (Å²) in [6.45, 7) is 5.56. The van der Waals surface area contributed by atoms with E-state index < -0.39 is 0 Å². The molecule has 1 rings (SSSR count). The Balaban J connectivity index is 2.07. The minimum absolute atomic E-state index is 0.358. The molecule has 0 spiro atoms. The third-order valence-electron chi connectivity index (χ3n) is 1.67. The average Bonchev–Trinajstić information content (AvgIpc) is 2.67. The van der Waals surface area contributed by atoms with E-state index in [1.807, 2.05) is 13.8 Å². The minimum Gasteiger partial charge on any atom is -0.449 e. The zero-order valence-corrected chi connectivity index (χ0v) is 9.06. The predicted octanol–water partition coefficient (Wildman–Crippen LogP) is 1.07. The first-order chi connectivity index (χ1) is 7.18. The number of amides is 1. The van der Waals surface area contributed by atoms with Gasteiger partial charge in [-0.05, 0) is 12.0 Å². The Morgan fingerprint density at radius 3 is 3.07 bits per heavy atom. The highest BCUT2D eigenvalue weighted by molar-refractivity contribution is 5.66. The molecule has 15 heavy (non-hydrogen) atoms. The number of nitrogens with zero attached hydrogens (tertiary/aromatic N) is 2. The van der Waals surface area contributed by atoms with E-state index in [9.17, 15) is 4.79 Å². The second-order valence-corrected chi connectivity index (χ2v) is 3.63. The molecule has 0 aliphatic heterocycles. The normalized spacial score (nSPS) is 10.3. The summed E-state index contributed by atoms with van der Waals surface area (Å²) in [5.74, 6) is 0.358. The van der Waals surface area contributed by atoms with E-state index in [2.05, 4.69) is 16.6 Å². The number of nitrogens with one attached hydrogen (secondary N) is 1. The van der Waals surface area contributed by atoms with Crippen molar-refractivity contribution in [2.45, 2.75) is 20.4 Å². The average molecular weight is 210 g/mol. The first-order valence-electron chi connectivity index (χ1n) is 4.98. The van der Waals surface area contributed by atoms with Crippen molar-refractivity contribution in [1.29, 1.82) is 0 Å². The van der Waals surface area contributed by atoms with Crippen LogP contribution in [0.15, 0.2) is 12.3 Å². The number of carbonyl (C=O) groups excluding carboxylic acids is 1. The molecule has 0 saturated heterocycles. The lowest BCUT2D eigenvalue weighted by Crippen LogP contribution is -2.29. The Hall–Kier alpha value is -1.52. The van der Waals surface area contributed by atoms with Crippen LogP contribution in [-0.4, -0.2) is 29.0 Å². The van der Waals surface area contributed by atoms with Crippen molar-refractivity contribution >= 4 is 6.09 Å². The maximum atomic E-state index is 11.1. The zero-order valence-electron chi connectivity index (χ0n) is 9.06. The Labute approximate surface area is 89.4 Å². The first-order valence-corrected chi connectivity index (χ1v) is 4.98. The fourth-order valence-electron chi connectivity index (χ4n) is 0.951. The lowest BCUT2D eigenvalue weighted by Gasteiger charge is -2.08. The summed E-state index contributed by atoms with van der Waals surface area (Å²) in [4.78, 5) is 11.1. The van der Waals surface area contributed by atoms with Gasteiger partial charge in [0.25, 0.3) is 0 Å². The van der Waals surface area contributed by atoms with Crippen LogP contribution in [0.2, 0.25) is 0 Å². The van der Waals surface area contributed by atoms with Gasteiger partial charge in [0.1, 0.15) is 6.20 Å². The molecular formula is C10H16N3O2. The fourth-order valence-corrected chi connectivity index (χ4v) is 0.951. The number of hydrogen-bond acceptors (Lipinski definition) is 3. The number of carbonyl (C=O) groups is 1. The van der Waals surface area contributed by atoms with Gasteiger partial charge in [-0.1, -0.05) is 13.8 Å². The molecule has 5 nitrogen and oxygen atoms in total. The van der Waals surface area contributed by atoms with Crippen LogP contribution in [-0.2, 0) is 11.3 Å². The lowest BCUT2D eigenvalue weighted by molar-refractivity contribution is 0.132. The van der Waals surface area contributed by atoms with Gasteiger partial charge in [-0.3, -0.25) is 4.68 Å². The number of ether oxygens (including phenoxy) is 1. The van der Waals surface area contributed by atoms with Crippen molar-refractivity contribution < 1.29 is 9.53 Å². The van der Waals surface area contributed by atoms with Crippen molar-refractivity contribution in [3.8, 4) is 0 Å². The summed E-state index contributed by atoms with van der Waals surface area (Å²) < 4.78 is 6.63. The maximum absolute atomic E-state index is 11.1. The van der Waals surface area contributed by atoms with Crippen molar-refractivity contribution in [1.82, 2.24) is 15.1 Å². The van der Waals surface area contributed by atoms with E-state index in [1.54, 1.807) is 16.9 Å². The largest absolute Gasteiger partial charge is 0.449 e. The number of aromatic nitrogens is 2. The van der Waals surface area contributed by atoms with Gasteiger partial charge >= 0.3 is 6.09 Å². The van der Waals surface area contributed by atoms with Crippen LogP contribution in [0.3, 0.4) is 0 Å². The van der Waals surface area contributed by atoms with Crippen LogP contribution in [0.25, 0.3) is 0 Å². The van der Waals surface area contributed by atoms with Gasteiger partial charge in [-0.25, -0.2) is 4.79 Å². The zero-order chi connectivity index (χ0) is 11.1. The van der Waals surface area contributed by atoms with Crippen molar-refractivity contribution in [2.75, 3.05) is 13.2 Å². The molecule has 83 valence electrons. The van der Waals surface area contributed by atoms with E-state index in [4.69, 9.17) is 4.74 Å². The van der Waals surface area contributed by atoms with E-state index >= 15 is 0 Å². The molecule has 1 radical (unpaired) electrons. The summed E-state index contributed by atoms with van der Waals surface area (Å²) in [6, 6.07) is 1.72. The molecule has 5 heteroatoms. The highest BCUT2D eigenvalue weighted by atomic mass is 16.5. The van der Waals surface area contributed by atoms with Crippen LogP contribution in [0, 0.1) is 12.1 Å². The summed E-state index contributed by atoms with van der Waals surface area (Å²) in [6.07, 6.45) is 4.09. The summed E-state index contributed by atoms with van der Waals surface area (Å²) in [5, 5.41) is 6.53. The monoisotopic (exact) mass is 210 g/mol. The van der Waals surface area contributed by atoms with Gasteiger partial charge in [0.15, 0.2) is 0 Å². The Morgan fingerprint density at radius 1 is 1.67 bits per heavy atom. The molecule has 0 atom stereocenters. The van der Waals surface area contributed by atoms with Crippen LogP contribution in [0.5, 0.6) is 0 Å². The maximum Gasteiger partial charge on any atom is 0.407 e. The van der Waals surface area contributed by atoms with Crippen LogP contribution in [0.4, 0.5) is 4.79 Å². The molecule has 1 aromatic heterocycles. The summed E-state index contributed by atoms with van der Waals surface area (Å²) in [5.41, 5.74) is 0. The van der Waals surface area contributed by atoms with Crippen LogP contribution < -0.4 is 5.32 Å². The van der Waals surface area contributed by atoms with Gasteiger partial charge in [0.05, 0.1) is 13.2 Å². The minimum atomic E-state index is -0.375. The third kappa shape index (κ3) is 5.05. The van der Waals surface area contributed by atoms with Gasteiger partial charge in [0.2, 0.25) is 0 Å². The number of alkyl carbamates (subject to hydrolysis) is 1. The van der Waals surface area contributed by atoms with Crippen molar-refractivity contribution in [3.63, 3.8) is 0 Å². The highest BCUT2D eigenvalue weighted by Crippen LogP contribution is 1.92. The summed E-state index contributed by atoms with van der Waals surface area (Å²) in [7, 11) is 0. The third-order valence-corrected chi connectivity index (χ3v) is 1.67. The van der Waals surface area contributed by atoms with Crippen molar-refractivity contribution in [3.05, 3.63) is 18.5 Å². The molecule has 0 bridgehead atoms. The molecule has 1 aromatic rings. The molecule has 1 N–H and O–H groups in total. The van der Waals surface area contributed by atoms with E-state index in [0.717, 1.165) is 0 Å². The van der Waals surface area contributed by atoms with Gasteiger partial charge in [-0.15, -0.1) is 0 Å². The second kappa shape index (κ2) is 6.06. The molecule has 0 fully saturated rings. The molecule has 0 aromatic carbocycles. The standard InChI is InChI=1S/C10H16N3O2/c1-9(2)8-15-10(14)11-5-7-13-6-3-4-12-13/h3,6,9H,5,7-8H2,1-2H3,(H,11,14). The number of hydrogen-bond donors (Lipinski definition) is 1. The molecular weight excluding hydrogens is 194 g/mol. The molecule has 0 aliphatic rings. The van der Waals surface area contributed by atoms with Gasteiger partial charge in [0, 0.05) is 12.7 Å². The predicted molar refractivity (Wildman–Crippen MR) is 55.3 cm³/mol. The Bertz CT molecular complexity index is 283. The van der Waals surface area contributed by atoms with Crippen molar-refractivity contribution in [2.24, 2.45) is 5.92 Å². The van der Waals surface area contributed by atoms with E-state index in [-0.39, 0.29) is 6.09 Å². The topological polar surface area (TPSA) is 56.1 Å². The highest BCUT2D eigenvalue weighted by Gasteiger charge is 2.02. The first kappa shape index (κ1) is 11.6. The van der Waals surface area contributed by atoms with Gasteiger partial charge in [-0.2, -0.15) is 5.10 Å². The second-order valence-electron chi connectivity index (χ2n) is 3.63. The molecule has 0 saturated carbocycles. The van der Waals surface area contributed by atoms with Gasteiger partial charge < -0.3 is 10.1 Å². The van der Waals surface area contributed by atoms with E-state index in [1.165, 1.54) is 0 Å². The SMILES string of the molecule is CC(C)COC(=O)NCCn1cc[c]n1. The Morgan fingerprint density at radius 2 is 2.47 bits per heavy atom. The number of rotatable bonds is 5. The molecule has 0 unspecified atom stereocenters. The summed E-state index contributed by atoms with van der Waals surface area (Å²) >= 11 is 0. The van der Waals surface area contributed by atoms with Crippen LogP contribution >= 0.6 is 0 Å².